The van der Waals surface area contributed by atoms with Crippen LogP contribution in [0.3, 0.4) is 0 Å². The molecule has 0 saturated carbocycles. The average Bonchev–Trinajstić information content (AvgIpc) is 3.21. The number of benzene rings is 2. The Balaban J connectivity index is 1.66. The second-order valence-corrected chi connectivity index (χ2v) is 6.73. The zero-order chi connectivity index (χ0) is 19.5. The molecule has 0 unspecified atom stereocenters. The highest BCUT2D eigenvalue weighted by molar-refractivity contribution is 5.96. The Morgan fingerprint density at radius 1 is 1.25 bits per heavy atom. The molecule has 2 aromatic carbocycles. The Hall–Kier alpha value is -3.06. The van der Waals surface area contributed by atoms with Crippen molar-refractivity contribution >= 4 is 28.5 Å². The fraction of sp³-hybridized carbons (Fsp3) is 0.286. The molecule has 28 heavy (non-hydrogen) atoms. The summed E-state index contributed by atoms with van der Waals surface area (Å²) < 4.78 is 24.3. The maximum atomic E-state index is 13.4. The summed E-state index contributed by atoms with van der Waals surface area (Å²) in [6, 6.07) is 11.6. The van der Waals surface area contributed by atoms with Crippen LogP contribution in [0.5, 0.6) is 0 Å². The minimum Gasteiger partial charge on any atom is -0.458 e. The minimum atomic E-state index is -0.573. The van der Waals surface area contributed by atoms with E-state index < -0.39 is 5.97 Å². The molecule has 0 amide bonds. The van der Waals surface area contributed by atoms with E-state index in [1.165, 1.54) is 12.1 Å². The molecule has 1 saturated heterocycles. The van der Waals surface area contributed by atoms with Crippen LogP contribution in [0.4, 0.5) is 15.9 Å². The van der Waals surface area contributed by atoms with Gasteiger partial charge in [-0.25, -0.2) is 19.2 Å². The smallest absolute Gasteiger partial charge is 0.360 e. The molecule has 0 bridgehead atoms. The first-order valence-electron chi connectivity index (χ1n) is 9.19. The lowest BCUT2D eigenvalue weighted by Crippen LogP contribution is -2.20. The maximum absolute atomic E-state index is 13.4. The summed E-state index contributed by atoms with van der Waals surface area (Å²) >= 11 is 0. The van der Waals surface area contributed by atoms with Gasteiger partial charge in [0.05, 0.1) is 17.1 Å². The Kier molecular flexibility index (Phi) is 5.16. The van der Waals surface area contributed by atoms with Crippen molar-refractivity contribution in [3.63, 3.8) is 0 Å². The number of esters is 1. The summed E-state index contributed by atoms with van der Waals surface area (Å²) in [5.74, 6) is -0.634. The summed E-state index contributed by atoms with van der Waals surface area (Å²) in [6.45, 7) is 2.65. The Morgan fingerprint density at radius 2 is 2.04 bits per heavy atom. The molecule has 1 aliphatic rings. The van der Waals surface area contributed by atoms with E-state index in [9.17, 15) is 9.18 Å². The number of hydrogen-bond acceptors (Lipinski definition) is 6. The number of para-hydroxylation sites is 2. The molecule has 2 heterocycles. The van der Waals surface area contributed by atoms with Gasteiger partial charge in [0.15, 0.2) is 11.5 Å². The third kappa shape index (κ3) is 3.94. The zero-order valence-electron chi connectivity index (χ0n) is 15.4. The van der Waals surface area contributed by atoms with E-state index in [0.717, 1.165) is 12.8 Å². The molecule has 0 spiro atoms. The molecule has 6 nitrogen and oxygen atoms in total. The van der Waals surface area contributed by atoms with Crippen LogP contribution in [0.2, 0.25) is 0 Å². The second-order valence-electron chi connectivity index (χ2n) is 6.73. The fourth-order valence-electron chi connectivity index (χ4n) is 3.14. The van der Waals surface area contributed by atoms with Gasteiger partial charge in [-0.1, -0.05) is 12.1 Å². The van der Waals surface area contributed by atoms with E-state index in [2.05, 4.69) is 15.3 Å². The number of ether oxygens (including phenoxy) is 2. The fourth-order valence-corrected chi connectivity index (χ4v) is 3.14. The van der Waals surface area contributed by atoms with E-state index in [1.54, 1.807) is 19.1 Å². The summed E-state index contributed by atoms with van der Waals surface area (Å²) in [5, 5.41) is 3.10. The van der Waals surface area contributed by atoms with Crippen LogP contribution in [0.15, 0.2) is 42.5 Å². The van der Waals surface area contributed by atoms with Gasteiger partial charge < -0.3 is 14.8 Å². The maximum Gasteiger partial charge on any atom is 0.360 e. The summed E-state index contributed by atoms with van der Waals surface area (Å²) in [5.41, 5.74) is 2.64. The minimum absolute atomic E-state index is 0.0758. The van der Waals surface area contributed by atoms with Gasteiger partial charge in [-0.05, 0) is 55.7 Å². The number of carbonyl (C=O) groups is 1. The molecule has 144 valence electrons. The van der Waals surface area contributed by atoms with E-state index in [0.29, 0.717) is 28.9 Å². The number of aryl methyl sites for hydroxylation is 1. The second kappa shape index (κ2) is 7.90. The van der Waals surface area contributed by atoms with E-state index >= 15 is 0 Å². The third-order valence-corrected chi connectivity index (χ3v) is 4.63. The molecular formula is C21H20FN3O3. The molecule has 1 aromatic heterocycles. The van der Waals surface area contributed by atoms with Crippen molar-refractivity contribution in [3.8, 4) is 0 Å². The normalized spacial score (nSPS) is 16.3. The first-order valence-corrected chi connectivity index (χ1v) is 9.19. The van der Waals surface area contributed by atoms with Crippen molar-refractivity contribution < 1.29 is 18.7 Å². The van der Waals surface area contributed by atoms with E-state index in [1.807, 2.05) is 18.2 Å². The number of anilines is 2. The largest absolute Gasteiger partial charge is 0.458 e. The number of nitrogens with one attached hydrogen (secondary N) is 1. The van der Waals surface area contributed by atoms with Gasteiger partial charge in [0, 0.05) is 12.3 Å². The van der Waals surface area contributed by atoms with E-state index in [4.69, 9.17) is 9.47 Å². The lowest BCUT2D eigenvalue weighted by molar-refractivity contribution is 0.0157. The SMILES string of the molecule is Cc1cc(F)ccc1Nc1nc2ccccc2nc1C(=O)OC[C@@H]1CCCO1. The van der Waals surface area contributed by atoms with Crippen molar-refractivity contribution in [2.24, 2.45) is 0 Å². The number of aromatic nitrogens is 2. The Labute approximate surface area is 161 Å². The van der Waals surface area contributed by atoms with Crippen LogP contribution in [-0.2, 0) is 9.47 Å². The van der Waals surface area contributed by atoms with Crippen molar-refractivity contribution in [2.45, 2.75) is 25.9 Å². The van der Waals surface area contributed by atoms with Crippen molar-refractivity contribution in [1.29, 1.82) is 0 Å². The zero-order valence-corrected chi connectivity index (χ0v) is 15.4. The number of fused-ring (bicyclic) bond motifs is 1. The van der Waals surface area contributed by atoms with Crippen LogP contribution in [-0.4, -0.2) is 35.3 Å². The van der Waals surface area contributed by atoms with Gasteiger partial charge >= 0.3 is 5.97 Å². The van der Waals surface area contributed by atoms with Gasteiger partial charge in [-0.15, -0.1) is 0 Å². The highest BCUT2D eigenvalue weighted by Crippen LogP contribution is 2.25. The number of carbonyl (C=O) groups excluding carboxylic acids is 1. The lowest BCUT2D eigenvalue weighted by atomic mass is 10.2. The van der Waals surface area contributed by atoms with Crippen molar-refractivity contribution in [2.75, 3.05) is 18.5 Å². The van der Waals surface area contributed by atoms with Crippen molar-refractivity contribution in [3.05, 3.63) is 59.5 Å². The molecule has 1 fully saturated rings. The van der Waals surface area contributed by atoms with Gasteiger partial charge in [-0.3, -0.25) is 0 Å². The van der Waals surface area contributed by atoms with E-state index in [-0.39, 0.29) is 30.0 Å². The standard InChI is InChI=1S/C21H20FN3O3/c1-13-11-14(22)8-9-16(13)24-20-19(21(26)28-12-15-5-4-10-27-15)23-17-6-2-3-7-18(17)25-20/h2-3,6-9,11,15H,4-5,10,12H2,1H3,(H,24,25)/t15-/m0/s1. The molecule has 4 rings (SSSR count). The Bertz CT molecular complexity index is 1020. The topological polar surface area (TPSA) is 73.3 Å². The molecule has 0 radical (unpaired) electrons. The molecule has 1 atom stereocenters. The predicted octanol–water partition coefficient (Wildman–Crippen LogP) is 4.16. The van der Waals surface area contributed by atoms with Gasteiger partial charge in [0.2, 0.25) is 0 Å². The quantitative estimate of drug-likeness (QED) is 0.669. The van der Waals surface area contributed by atoms with Crippen LogP contribution in [0.1, 0.15) is 28.9 Å². The average molecular weight is 381 g/mol. The molecule has 0 aliphatic carbocycles. The van der Waals surface area contributed by atoms with Gasteiger partial charge in [-0.2, -0.15) is 0 Å². The molecule has 1 N–H and O–H groups in total. The predicted molar refractivity (Wildman–Crippen MR) is 103 cm³/mol. The van der Waals surface area contributed by atoms with Crippen LogP contribution < -0.4 is 5.32 Å². The highest BCUT2D eigenvalue weighted by Gasteiger charge is 2.22. The Morgan fingerprint density at radius 3 is 2.75 bits per heavy atom. The first-order chi connectivity index (χ1) is 13.6. The number of rotatable bonds is 5. The molecular weight excluding hydrogens is 361 g/mol. The first kappa shape index (κ1) is 18.3. The monoisotopic (exact) mass is 381 g/mol. The molecule has 7 heteroatoms. The van der Waals surface area contributed by atoms with Crippen LogP contribution >= 0.6 is 0 Å². The van der Waals surface area contributed by atoms with Crippen LogP contribution in [0, 0.1) is 12.7 Å². The molecule has 1 aliphatic heterocycles. The van der Waals surface area contributed by atoms with Crippen molar-refractivity contribution in [1.82, 2.24) is 9.97 Å². The lowest BCUT2D eigenvalue weighted by Gasteiger charge is -2.14. The van der Waals surface area contributed by atoms with Gasteiger partial charge in [0.25, 0.3) is 0 Å². The number of hydrogen-bond donors (Lipinski definition) is 1. The third-order valence-electron chi connectivity index (χ3n) is 4.63. The number of halogens is 1. The number of nitrogens with zero attached hydrogens (tertiary/aromatic N) is 2. The summed E-state index contributed by atoms with van der Waals surface area (Å²) in [6.07, 6.45) is 1.76. The van der Waals surface area contributed by atoms with Crippen LogP contribution in [0.25, 0.3) is 11.0 Å². The van der Waals surface area contributed by atoms with Gasteiger partial charge in [0.1, 0.15) is 12.4 Å². The summed E-state index contributed by atoms with van der Waals surface area (Å²) in [7, 11) is 0. The highest BCUT2D eigenvalue weighted by atomic mass is 19.1. The summed E-state index contributed by atoms with van der Waals surface area (Å²) in [4.78, 5) is 21.7. The molecule has 3 aromatic rings.